The third kappa shape index (κ3) is 6.28. The van der Waals surface area contributed by atoms with Crippen LogP contribution in [0.5, 0.6) is 5.75 Å². The summed E-state index contributed by atoms with van der Waals surface area (Å²) in [6, 6.07) is 7.46. The second-order valence-electron chi connectivity index (χ2n) is 8.76. The summed E-state index contributed by atoms with van der Waals surface area (Å²) >= 11 is 0. The molecule has 1 aliphatic rings. The van der Waals surface area contributed by atoms with E-state index in [0.29, 0.717) is 30.8 Å². The standard InChI is InChI=1S/C27H35F3O2/c1-3-5-6-7-8-9-21-12-10-20(18-32-21)22-13-11-19(17-24(22)28)23-14-15-25(31-16-4-2)27(30)26(23)29/h11,13-15,17,20-21H,3-10,12,16,18H2,1-2H3. The maximum Gasteiger partial charge on any atom is 0.201 e. The molecule has 0 aromatic heterocycles. The summed E-state index contributed by atoms with van der Waals surface area (Å²) in [4.78, 5) is 0. The van der Waals surface area contributed by atoms with Gasteiger partial charge in [-0.3, -0.25) is 0 Å². The average Bonchev–Trinajstić information content (AvgIpc) is 2.80. The van der Waals surface area contributed by atoms with Crippen LogP contribution in [0.3, 0.4) is 0 Å². The highest BCUT2D eigenvalue weighted by molar-refractivity contribution is 5.66. The van der Waals surface area contributed by atoms with Gasteiger partial charge in [-0.2, -0.15) is 4.39 Å². The molecule has 2 aromatic rings. The van der Waals surface area contributed by atoms with E-state index in [1.165, 1.54) is 50.3 Å². The Labute approximate surface area is 190 Å². The van der Waals surface area contributed by atoms with Gasteiger partial charge in [-0.15, -0.1) is 0 Å². The van der Waals surface area contributed by atoms with Crippen LogP contribution < -0.4 is 4.74 Å². The molecule has 2 nitrogen and oxygen atoms in total. The topological polar surface area (TPSA) is 18.5 Å². The SMILES string of the molecule is CCCCCCCC1CCC(c2ccc(-c3ccc(OCCC)c(F)c3F)cc2F)CO1. The molecule has 0 bridgehead atoms. The lowest BCUT2D eigenvalue weighted by atomic mass is 9.88. The Hall–Kier alpha value is -2.01. The fourth-order valence-corrected chi connectivity index (χ4v) is 4.36. The summed E-state index contributed by atoms with van der Waals surface area (Å²) in [6.07, 6.45) is 10.1. The minimum Gasteiger partial charge on any atom is -0.490 e. The van der Waals surface area contributed by atoms with Crippen LogP contribution in [0.15, 0.2) is 30.3 Å². The van der Waals surface area contributed by atoms with Crippen LogP contribution in [0.1, 0.15) is 83.1 Å². The molecule has 1 aliphatic heterocycles. The van der Waals surface area contributed by atoms with Gasteiger partial charge in [0, 0.05) is 11.5 Å². The van der Waals surface area contributed by atoms with Crippen molar-refractivity contribution in [2.45, 2.75) is 83.7 Å². The van der Waals surface area contributed by atoms with Crippen molar-refractivity contribution in [2.24, 2.45) is 0 Å². The molecule has 176 valence electrons. The van der Waals surface area contributed by atoms with E-state index in [4.69, 9.17) is 9.47 Å². The van der Waals surface area contributed by atoms with Crippen molar-refractivity contribution >= 4 is 0 Å². The molecule has 0 N–H and O–H groups in total. The first-order valence-electron chi connectivity index (χ1n) is 12.1. The minimum atomic E-state index is -1.04. The predicted octanol–water partition coefficient (Wildman–Crippen LogP) is 8.18. The minimum absolute atomic E-state index is 0.00760. The van der Waals surface area contributed by atoms with E-state index in [0.717, 1.165) is 19.3 Å². The predicted molar refractivity (Wildman–Crippen MR) is 123 cm³/mol. The molecule has 0 radical (unpaired) electrons. The Morgan fingerprint density at radius 1 is 0.906 bits per heavy atom. The van der Waals surface area contributed by atoms with E-state index >= 15 is 0 Å². The Morgan fingerprint density at radius 3 is 2.41 bits per heavy atom. The molecular formula is C27H35F3O2. The average molecular weight is 449 g/mol. The van der Waals surface area contributed by atoms with Crippen molar-refractivity contribution in [2.75, 3.05) is 13.2 Å². The van der Waals surface area contributed by atoms with Gasteiger partial charge in [0.05, 0.1) is 19.3 Å². The van der Waals surface area contributed by atoms with Gasteiger partial charge in [-0.05, 0) is 55.0 Å². The third-order valence-corrected chi connectivity index (χ3v) is 6.26. The van der Waals surface area contributed by atoms with Crippen LogP contribution in [0.25, 0.3) is 11.1 Å². The van der Waals surface area contributed by atoms with Crippen LogP contribution in [0.4, 0.5) is 13.2 Å². The lowest BCUT2D eigenvalue weighted by molar-refractivity contribution is -0.00273. The molecule has 2 aromatic carbocycles. The zero-order chi connectivity index (χ0) is 22.9. The smallest absolute Gasteiger partial charge is 0.201 e. The number of unbranched alkanes of at least 4 members (excludes halogenated alkanes) is 4. The summed E-state index contributed by atoms with van der Waals surface area (Å²) in [5.74, 6) is -2.59. The van der Waals surface area contributed by atoms with Gasteiger partial charge in [-0.25, -0.2) is 8.78 Å². The highest BCUT2D eigenvalue weighted by Crippen LogP contribution is 2.35. The van der Waals surface area contributed by atoms with Crippen LogP contribution in [0.2, 0.25) is 0 Å². The maximum atomic E-state index is 14.9. The Kier molecular flexibility index (Phi) is 9.46. The van der Waals surface area contributed by atoms with Crippen molar-refractivity contribution in [1.82, 2.24) is 0 Å². The van der Waals surface area contributed by atoms with Crippen LogP contribution in [-0.4, -0.2) is 19.3 Å². The van der Waals surface area contributed by atoms with E-state index in [2.05, 4.69) is 6.92 Å². The normalized spacial score (nSPS) is 18.7. The molecule has 2 unspecified atom stereocenters. The van der Waals surface area contributed by atoms with E-state index < -0.39 is 17.5 Å². The van der Waals surface area contributed by atoms with Crippen LogP contribution in [0, 0.1) is 17.5 Å². The van der Waals surface area contributed by atoms with E-state index in [9.17, 15) is 13.2 Å². The Bertz CT molecular complexity index is 860. The van der Waals surface area contributed by atoms with Gasteiger partial charge in [0.1, 0.15) is 5.82 Å². The van der Waals surface area contributed by atoms with Gasteiger partial charge >= 0.3 is 0 Å². The van der Waals surface area contributed by atoms with Gasteiger partial charge in [0.25, 0.3) is 0 Å². The number of halogens is 3. The van der Waals surface area contributed by atoms with E-state index in [1.54, 1.807) is 12.1 Å². The van der Waals surface area contributed by atoms with E-state index in [1.807, 2.05) is 6.92 Å². The molecule has 5 heteroatoms. The molecular weight excluding hydrogens is 413 g/mol. The number of benzene rings is 2. The van der Waals surface area contributed by atoms with Crippen LogP contribution in [-0.2, 0) is 4.74 Å². The number of rotatable bonds is 11. The maximum absolute atomic E-state index is 14.9. The fourth-order valence-electron chi connectivity index (χ4n) is 4.36. The largest absolute Gasteiger partial charge is 0.490 e. The quantitative estimate of drug-likeness (QED) is 0.323. The Balaban J connectivity index is 1.61. The summed E-state index contributed by atoms with van der Waals surface area (Å²) in [6.45, 7) is 4.91. The molecule has 0 aliphatic carbocycles. The summed E-state index contributed by atoms with van der Waals surface area (Å²) < 4.78 is 55.1. The Morgan fingerprint density at radius 2 is 1.72 bits per heavy atom. The van der Waals surface area contributed by atoms with Gasteiger partial charge in [0.15, 0.2) is 11.6 Å². The van der Waals surface area contributed by atoms with Gasteiger partial charge in [0.2, 0.25) is 5.82 Å². The summed E-state index contributed by atoms with van der Waals surface area (Å²) in [5.41, 5.74) is 0.921. The molecule has 0 saturated carbocycles. The molecule has 0 amide bonds. The van der Waals surface area contributed by atoms with Crippen LogP contribution >= 0.6 is 0 Å². The molecule has 1 fully saturated rings. The second kappa shape index (κ2) is 12.3. The zero-order valence-electron chi connectivity index (χ0n) is 19.3. The molecule has 1 saturated heterocycles. The number of ether oxygens (including phenoxy) is 2. The van der Waals surface area contributed by atoms with Crippen molar-refractivity contribution in [3.8, 4) is 16.9 Å². The zero-order valence-corrected chi connectivity index (χ0v) is 19.3. The van der Waals surface area contributed by atoms with Gasteiger partial charge in [-0.1, -0.05) is 58.1 Å². The van der Waals surface area contributed by atoms with Crippen molar-refractivity contribution in [3.63, 3.8) is 0 Å². The highest BCUT2D eigenvalue weighted by Gasteiger charge is 2.25. The molecule has 0 spiro atoms. The molecule has 2 atom stereocenters. The fraction of sp³-hybridized carbons (Fsp3) is 0.556. The first kappa shape index (κ1) is 24.6. The van der Waals surface area contributed by atoms with Crippen molar-refractivity contribution in [1.29, 1.82) is 0 Å². The van der Waals surface area contributed by atoms with E-state index in [-0.39, 0.29) is 23.3 Å². The number of hydrogen-bond donors (Lipinski definition) is 0. The third-order valence-electron chi connectivity index (χ3n) is 6.26. The summed E-state index contributed by atoms with van der Waals surface area (Å²) in [7, 11) is 0. The monoisotopic (exact) mass is 448 g/mol. The lowest BCUT2D eigenvalue weighted by Gasteiger charge is -2.29. The second-order valence-corrected chi connectivity index (χ2v) is 8.76. The van der Waals surface area contributed by atoms with Crippen molar-refractivity contribution in [3.05, 3.63) is 53.3 Å². The lowest BCUT2D eigenvalue weighted by Crippen LogP contribution is -2.25. The van der Waals surface area contributed by atoms with Crippen molar-refractivity contribution < 1.29 is 22.6 Å². The first-order chi connectivity index (χ1) is 15.5. The molecule has 3 rings (SSSR count). The molecule has 32 heavy (non-hydrogen) atoms. The molecule has 1 heterocycles. The highest BCUT2D eigenvalue weighted by atomic mass is 19.2. The van der Waals surface area contributed by atoms with Gasteiger partial charge < -0.3 is 9.47 Å². The summed E-state index contributed by atoms with van der Waals surface area (Å²) in [5, 5.41) is 0. The first-order valence-corrected chi connectivity index (χ1v) is 12.1. The number of hydrogen-bond acceptors (Lipinski definition) is 2.